The van der Waals surface area contributed by atoms with Crippen molar-refractivity contribution in [2.75, 3.05) is 26.7 Å². The molecule has 0 bridgehead atoms. The number of rotatable bonds is 3. The highest BCUT2D eigenvalue weighted by Crippen LogP contribution is 2.31. The lowest BCUT2D eigenvalue weighted by molar-refractivity contribution is -0.137. The molecule has 0 spiro atoms. The normalized spacial score (nSPS) is 23.9. The number of hydrogen-bond acceptors (Lipinski definition) is 4. The maximum atomic E-state index is 12.8. The van der Waals surface area contributed by atoms with Crippen LogP contribution in [0.1, 0.15) is 24.4 Å². The standard InChI is InChI=1S/C16H21N3O3.ClH/c1-22-14-5-3-2-4-11(14)13-10-17-8-9-19(13)16(21)12-6-7-15(20)18-12;/h2-5,12-13,17H,6-10H2,1H3,(H,18,20);1H. The largest absolute Gasteiger partial charge is 0.496 e. The third-order valence-electron chi connectivity index (χ3n) is 4.32. The van der Waals surface area contributed by atoms with Crippen LogP contribution in [0.3, 0.4) is 0 Å². The van der Waals surface area contributed by atoms with Gasteiger partial charge < -0.3 is 20.3 Å². The van der Waals surface area contributed by atoms with E-state index in [4.69, 9.17) is 4.74 Å². The van der Waals surface area contributed by atoms with Gasteiger partial charge in [-0.25, -0.2) is 0 Å². The molecule has 1 aromatic carbocycles. The zero-order chi connectivity index (χ0) is 15.5. The summed E-state index contributed by atoms with van der Waals surface area (Å²) in [5.74, 6) is 0.745. The summed E-state index contributed by atoms with van der Waals surface area (Å²) < 4.78 is 5.43. The van der Waals surface area contributed by atoms with E-state index in [9.17, 15) is 9.59 Å². The number of para-hydroxylation sites is 1. The Kier molecular flexibility index (Phi) is 5.85. The summed E-state index contributed by atoms with van der Waals surface area (Å²) in [4.78, 5) is 26.0. The molecule has 0 saturated carbocycles. The Morgan fingerprint density at radius 1 is 1.35 bits per heavy atom. The highest BCUT2D eigenvalue weighted by atomic mass is 35.5. The van der Waals surface area contributed by atoms with Gasteiger partial charge in [0.25, 0.3) is 0 Å². The zero-order valence-corrected chi connectivity index (χ0v) is 13.9. The summed E-state index contributed by atoms with van der Waals surface area (Å²) in [6.07, 6.45) is 1.02. The third-order valence-corrected chi connectivity index (χ3v) is 4.32. The molecular weight excluding hydrogens is 318 g/mol. The molecule has 2 fully saturated rings. The van der Waals surface area contributed by atoms with Crippen LogP contribution in [0.4, 0.5) is 0 Å². The Morgan fingerprint density at radius 2 is 2.13 bits per heavy atom. The monoisotopic (exact) mass is 339 g/mol. The average Bonchev–Trinajstić information content (AvgIpc) is 3.00. The van der Waals surface area contributed by atoms with Gasteiger partial charge in [-0.3, -0.25) is 9.59 Å². The molecule has 23 heavy (non-hydrogen) atoms. The van der Waals surface area contributed by atoms with Gasteiger partial charge in [-0.2, -0.15) is 0 Å². The molecule has 2 unspecified atom stereocenters. The van der Waals surface area contributed by atoms with Crippen molar-refractivity contribution >= 4 is 24.2 Å². The van der Waals surface area contributed by atoms with Crippen LogP contribution in [0.25, 0.3) is 0 Å². The van der Waals surface area contributed by atoms with Crippen molar-refractivity contribution in [3.05, 3.63) is 29.8 Å². The first-order valence-corrected chi connectivity index (χ1v) is 7.64. The predicted octanol–water partition coefficient (Wildman–Crippen LogP) is 0.868. The molecule has 2 atom stereocenters. The van der Waals surface area contributed by atoms with E-state index < -0.39 is 0 Å². The number of nitrogens with one attached hydrogen (secondary N) is 2. The summed E-state index contributed by atoms with van der Waals surface area (Å²) in [6, 6.07) is 7.31. The number of carbonyl (C=O) groups is 2. The van der Waals surface area contributed by atoms with E-state index in [1.807, 2.05) is 29.2 Å². The second-order valence-electron chi connectivity index (χ2n) is 5.65. The topological polar surface area (TPSA) is 70.7 Å². The molecule has 0 aliphatic carbocycles. The number of halogens is 1. The Bertz CT molecular complexity index is 581. The first-order valence-electron chi connectivity index (χ1n) is 7.64. The fourth-order valence-corrected chi connectivity index (χ4v) is 3.19. The van der Waals surface area contributed by atoms with Crippen molar-refractivity contribution < 1.29 is 14.3 Å². The first-order chi connectivity index (χ1) is 10.7. The van der Waals surface area contributed by atoms with Crippen LogP contribution in [-0.2, 0) is 9.59 Å². The molecule has 126 valence electrons. The summed E-state index contributed by atoms with van der Waals surface area (Å²) in [7, 11) is 1.64. The minimum Gasteiger partial charge on any atom is -0.496 e. The van der Waals surface area contributed by atoms with Crippen LogP contribution in [0.2, 0.25) is 0 Å². The smallest absolute Gasteiger partial charge is 0.245 e. The second-order valence-corrected chi connectivity index (χ2v) is 5.65. The predicted molar refractivity (Wildman–Crippen MR) is 88.7 cm³/mol. The number of methoxy groups -OCH3 is 1. The van der Waals surface area contributed by atoms with Crippen molar-refractivity contribution in [3.8, 4) is 5.75 Å². The number of benzene rings is 1. The quantitative estimate of drug-likeness (QED) is 0.857. The van der Waals surface area contributed by atoms with Crippen molar-refractivity contribution in [1.82, 2.24) is 15.5 Å². The SMILES string of the molecule is COc1ccccc1C1CNCCN1C(=O)C1CCC(=O)N1.Cl. The van der Waals surface area contributed by atoms with Gasteiger partial charge in [-0.15, -0.1) is 12.4 Å². The van der Waals surface area contributed by atoms with Crippen LogP contribution in [0, 0.1) is 0 Å². The molecule has 0 radical (unpaired) electrons. The lowest BCUT2D eigenvalue weighted by atomic mass is 10.0. The average molecular weight is 340 g/mol. The highest BCUT2D eigenvalue weighted by Gasteiger charge is 2.36. The van der Waals surface area contributed by atoms with Crippen LogP contribution in [0.5, 0.6) is 5.75 Å². The summed E-state index contributed by atoms with van der Waals surface area (Å²) in [6.45, 7) is 2.08. The van der Waals surface area contributed by atoms with Gasteiger partial charge in [-0.1, -0.05) is 18.2 Å². The summed E-state index contributed by atoms with van der Waals surface area (Å²) in [5.41, 5.74) is 0.995. The summed E-state index contributed by atoms with van der Waals surface area (Å²) >= 11 is 0. The molecule has 2 N–H and O–H groups in total. The highest BCUT2D eigenvalue weighted by molar-refractivity contribution is 5.91. The molecule has 6 nitrogen and oxygen atoms in total. The lowest BCUT2D eigenvalue weighted by Gasteiger charge is -2.38. The van der Waals surface area contributed by atoms with Crippen molar-refractivity contribution in [2.24, 2.45) is 0 Å². The molecular formula is C16H22ClN3O3. The van der Waals surface area contributed by atoms with E-state index in [-0.39, 0.29) is 36.3 Å². The van der Waals surface area contributed by atoms with Gasteiger partial charge in [-0.05, 0) is 12.5 Å². The third kappa shape index (κ3) is 3.59. The molecule has 7 heteroatoms. The number of hydrogen-bond donors (Lipinski definition) is 2. The minimum atomic E-state index is -0.386. The van der Waals surface area contributed by atoms with E-state index in [1.165, 1.54) is 0 Å². The van der Waals surface area contributed by atoms with Gasteiger partial charge >= 0.3 is 0 Å². The van der Waals surface area contributed by atoms with Gasteiger partial charge in [0.2, 0.25) is 11.8 Å². The molecule has 3 rings (SSSR count). The lowest BCUT2D eigenvalue weighted by Crippen LogP contribution is -2.53. The van der Waals surface area contributed by atoms with Crippen LogP contribution >= 0.6 is 12.4 Å². The van der Waals surface area contributed by atoms with Crippen molar-refractivity contribution in [2.45, 2.75) is 24.9 Å². The van der Waals surface area contributed by atoms with E-state index in [2.05, 4.69) is 10.6 Å². The van der Waals surface area contributed by atoms with Crippen LogP contribution in [0.15, 0.2) is 24.3 Å². The number of amides is 2. The van der Waals surface area contributed by atoms with Crippen molar-refractivity contribution in [3.63, 3.8) is 0 Å². The molecule has 2 saturated heterocycles. The molecule has 2 amide bonds. The number of piperazine rings is 1. The van der Waals surface area contributed by atoms with Gasteiger partial charge in [0.1, 0.15) is 11.8 Å². The Balaban J connectivity index is 0.00000192. The second kappa shape index (κ2) is 7.66. The van der Waals surface area contributed by atoms with E-state index in [0.29, 0.717) is 25.9 Å². The first kappa shape index (κ1) is 17.6. The molecule has 0 aromatic heterocycles. The molecule has 1 aromatic rings. The number of carbonyl (C=O) groups excluding carboxylic acids is 2. The van der Waals surface area contributed by atoms with Crippen molar-refractivity contribution in [1.29, 1.82) is 0 Å². The maximum Gasteiger partial charge on any atom is 0.245 e. The maximum absolute atomic E-state index is 12.8. The Labute approximate surface area is 142 Å². The Hall–Kier alpha value is -1.79. The van der Waals surface area contributed by atoms with E-state index in [1.54, 1.807) is 7.11 Å². The number of ether oxygens (including phenoxy) is 1. The fraction of sp³-hybridized carbons (Fsp3) is 0.500. The van der Waals surface area contributed by atoms with Gasteiger partial charge in [0, 0.05) is 31.6 Å². The number of nitrogens with zero attached hydrogens (tertiary/aromatic N) is 1. The zero-order valence-electron chi connectivity index (χ0n) is 13.1. The van der Waals surface area contributed by atoms with E-state index >= 15 is 0 Å². The Morgan fingerprint density at radius 3 is 2.83 bits per heavy atom. The van der Waals surface area contributed by atoms with Gasteiger partial charge in [0.15, 0.2) is 0 Å². The summed E-state index contributed by atoms with van der Waals surface area (Å²) in [5, 5.41) is 6.10. The van der Waals surface area contributed by atoms with E-state index in [0.717, 1.165) is 17.9 Å². The fourth-order valence-electron chi connectivity index (χ4n) is 3.19. The van der Waals surface area contributed by atoms with Crippen LogP contribution < -0.4 is 15.4 Å². The van der Waals surface area contributed by atoms with Gasteiger partial charge in [0.05, 0.1) is 13.2 Å². The molecule has 2 aliphatic heterocycles. The minimum absolute atomic E-state index is 0. The van der Waals surface area contributed by atoms with Crippen LogP contribution in [-0.4, -0.2) is 49.5 Å². The molecule has 2 heterocycles. The molecule has 2 aliphatic rings.